The highest BCUT2D eigenvalue weighted by atomic mass is 32.2. The number of nitrogens with one attached hydrogen (secondary N) is 2. The van der Waals surface area contributed by atoms with Crippen LogP contribution in [0, 0.1) is 0 Å². The molecule has 2 unspecified atom stereocenters. The van der Waals surface area contributed by atoms with E-state index >= 15 is 0 Å². The molecule has 0 aromatic rings. The van der Waals surface area contributed by atoms with Crippen LogP contribution >= 0.6 is 23.5 Å². The number of rotatable bonds is 7. The Morgan fingerprint density at radius 1 is 1.47 bits per heavy atom. The maximum Gasteiger partial charge on any atom is 0.355 e. The lowest BCUT2D eigenvalue weighted by molar-refractivity contribution is -0.166. The lowest BCUT2D eigenvalue weighted by atomic mass is 10.0. The minimum absolute atomic E-state index is 0.0543. The summed E-state index contributed by atoms with van der Waals surface area (Å²) < 4.78 is 10.2. The molecule has 184 valence electrons. The van der Waals surface area contributed by atoms with Crippen LogP contribution in [0.3, 0.4) is 0 Å². The fourth-order valence-electron chi connectivity index (χ4n) is 3.31. The van der Waals surface area contributed by atoms with E-state index in [0.717, 1.165) is 11.8 Å². The first-order valence-electron chi connectivity index (χ1n) is 10.0. The summed E-state index contributed by atoms with van der Waals surface area (Å²) in [6, 6.07) is -1.00. The predicted octanol–water partition coefficient (Wildman–Crippen LogP) is -0.0384. The third kappa shape index (κ3) is 5.08. The Hall–Kier alpha value is -2.97. The molecule has 1 saturated heterocycles. The highest BCUT2D eigenvalue weighted by Crippen LogP contribution is 2.41. The van der Waals surface area contributed by atoms with Gasteiger partial charge in [0.05, 0.1) is 0 Å². The van der Waals surface area contributed by atoms with Gasteiger partial charge < -0.3 is 25.3 Å². The van der Waals surface area contributed by atoms with Gasteiger partial charge in [0.25, 0.3) is 11.8 Å². The van der Waals surface area contributed by atoms with E-state index in [0.29, 0.717) is 11.3 Å². The second-order valence-electron chi connectivity index (χ2n) is 8.35. The van der Waals surface area contributed by atoms with Crippen LogP contribution in [-0.2, 0) is 28.7 Å². The largest absolute Gasteiger partial charge is 0.457 e. The Balaban J connectivity index is 1.69. The van der Waals surface area contributed by atoms with Crippen molar-refractivity contribution >= 4 is 53.0 Å². The molecule has 0 aromatic carbocycles. The Morgan fingerprint density at radius 2 is 2.18 bits per heavy atom. The van der Waals surface area contributed by atoms with Crippen LogP contribution in [0.25, 0.3) is 0 Å². The highest BCUT2D eigenvalue weighted by Gasteiger charge is 2.55. The van der Waals surface area contributed by atoms with Crippen molar-refractivity contribution < 1.29 is 33.9 Å². The van der Waals surface area contributed by atoms with Gasteiger partial charge in [0, 0.05) is 12.0 Å². The Kier molecular flexibility index (Phi) is 7.33. The zero-order valence-electron chi connectivity index (χ0n) is 18.7. The fourth-order valence-corrected chi connectivity index (χ4v) is 5.38. The molecule has 12 nitrogen and oxygen atoms in total. The van der Waals surface area contributed by atoms with E-state index in [2.05, 4.69) is 22.4 Å². The van der Waals surface area contributed by atoms with E-state index in [1.165, 1.54) is 28.9 Å². The first-order chi connectivity index (χ1) is 15.9. The first-order valence-corrected chi connectivity index (χ1v) is 12.0. The number of carbonyl (C=O) groups excluding carboxylic acids is 4. The topological polar surface area (TPSA) is 173 Å². The van der Waals surface area contributed by atoms with Crippen molar-refractivity contribution in [1.82, 2.24) is 15.5 Å². The molecule has 2 amide bonds. The molecule has 0 spiro atoms. The third-order valence-electron chi connectivity index (χ3n) is 4.75. The summed E-state index contributed by atoms with van der Waals surface area (Å²) in [4.78, 5) is 50.0. The number of nitrogens with zero attached hydrogens (tertiary/aromatic N) is 2. The summed E-state index contributed by atoms with van der Waals surface area (Å²) in [7, 11) is 0. The fraction of sp³-hybridized carbons (Fsp3) is 0.450. The van der Waals surface area contributed by atoms with Crippen molar-refractivity contribution in [3.63, 3.8) is 0 Å². The Bertz CT molecular complexity index is 1010. The second-order valence-corrected chi connectivity index (χ2v) is 10.6. The summed E-state index contributed by atoms with van der Waals surface area (Å²) in [5.74, 6) is -2.74. The van der Waals surface area contributed by atoms with E-state index in [1.54, 1.807) is 26.2 Å². The number of hydrogen-bond acceptors (Lipinski definition) is 12. The number of allylic oxidation sites excluding steroid dienone is 1. The van der Waals surface area contributed by atoms with E-state index in [4.69, 9.17) is 15.2 Å². The number of esters is 2. The summed E-state index contributed by atoms with van der Waals surface area (Å²) in [5, 5.41) is 18.5. The van der Waals surface area contributed by atoms with Gasteiger partial charge in [-0.1, -0.05) is 29.6 Å². The summed E-state index contributed by atoms with van der Waals surface area (Å²) in [5.41, 5.74) is 5.25. The molecule has 0 aromatic heterocycles. The molecule has 0 bridgehead atoms. The van der Waals surface area contributed by atoms with E-state index < -0.39 is 58.1 Å². The molecular formula is C20H25N5O7S2. The van der Waals surface area contributed by atoms with Gasteiger partial charge in [-0.15, -0.1) is 11.8 Å². The van der Waals surface area contributed by atoms with Gasteiger partial charge >= 0.3 is 11.9 Å². The zero-order valence-corrected chi connectivity index (χ0v) is 20.3. The van der Waals surface area contributed by atoms with E-state index in [9.17, 15) is 24.4 Å². The Labute approximate surface area is 204 Å². The van der Waals surface area contributed by atoms with Crippen molar-refractivity contribution in [2.45, 2.75) is 42.8 Å². The average molecular weight is 512 g/mol. The minimum Gasteiger partial charge on any atom is -0.457 e. The molecule has 34 heavy (non-hydrogen) atoms. The molecule has 3 atom stereocenters. The summed E-state index contributed by atoms with van der Waals surface area (Å²) in [6.45, 7) is 8.08. The van der Waals surface area contributed by atoms with Gasteiger partial charge in [-0.2, -0.15) is 0 Å². The molecule has 3 rings (SSSR count). The molecule has 1 fully saturated rings. The summed E-state index contributed by atoms with van der Waals surface area (Å²) in [6.07, 6.45) is 2.92. The average Bonchev–Trinajstić information content (AvgIpc) is 3.20. The SMILES string of the molecule is C=CC1=C(C(=O)OCC(=O)OC(C)(C)C)N2C(=O)C(NC(=O)C(=NO)C3(N)NC=CS3)[C@H]2SC1. The molecule has 0 radical (unpaired) electrons. The van der Waals surface area contributed by atoms with Crippen LogP contribution in [-0.4, -0.2) is 73.9 Å². The second kappa shape index (κ2) is 9.72. The van der Waals surface area contributed by atoms with Crippen molar-refractivity contribution in [2.24, 2.45) is 10.9 Å². The van der Waals surface area contributed by atoms with Crippen LogP contribution < -0.4 is 16.4 Å². The molecule has 3 aliphatic heterocycles. The maximum atomic E-state index is 12.9. The van der Waals surface area contributed by atoms with Crippen molar-refractivity contribution in [3.05, 3.63) is 35.5 Å². The lowest BCUT2D eigenvalue weighted by Crippen LogP contribution is -2.72. The number of carbonyl (C=O) groups is 4. The van der Waals surface area contributed by atoms with Crippen LogP contribution in [0.2, 0.25) is 0 Å². The normalized spacial score (nSPS) is 26.3. The molecule has 5 N–H and O–H groups in total. The molecule has 3 heterocycles. The number of nitrogens with two attached hydrogens (primary N) is 1. The maximum absolute atomic E-state index is 12.9. The number of oxime groups is 1. The van der Waals surface area contributed by atoms with Crippen LogP contribution in [0.5, 0.6) is 0 Å². The molecule has 0 saturated carbocycles. The molecule has 0 aliphatic carbocycles. The predicted molar refractivity (Wildman–Crippen MR) is 125 cm³/mol. The number of amides is 2. The molecular weight excluding hydrogens is 486 g/mol. The monoisotopic (exact) mass is 511 g/mol. The van der Waals surface area contributed by atoms with Gasteiger partial charge in [-0.05, 0) is 31.8 Å². The van der Waals surface area contributed by atoms with Crippen LogP contribution in [0.15, 0.2) is 40.7 Å². The zero-order chi connectivity index (χ0) is 25.3. The number of fused-ring (bicyclic) bond motifs is 1. The number of β-lactam (4-membered cyclic amide) rings is 1. The van der Waals surface area contributed by atoms with Gasteiger partial charge in [0.2, 0.25) is 0 Å². The smallest absolute Gasteiger partial charge is 0.355 e. The standard InChI is InChI=1S/C20H25N5O7S2/c1-5-10-9-33-17-12(23-15(27)14(24-30)20(21)22-6-7-34-20)16(28)25(17)13(10)18(29)31-8-11(26)32-19(2,3)4/h5-7,12,17,22,30H,1,8-9,21H2,2-4H3,(H,23,27)/t12?,17-,20?/m1/s1. The van der Waals surface area contributed by atoms with Gasteiger partial charge in [-0.25, -0.2) is 9.59 Å². The lowest BCUT2D eigenvalue weighted by Gasteiger charge is -2.49. The summed E-state index contributed by atoms with van der Waals surface area (Å²) >= 11 is 2.32. The molecule has 14 heteroatoms. The molecule has 3 aliphatic rings. The number of ether oxygens (including phenoxy) is 2. The first kappa shape index (κ1) is 25.6. The van der Waals surface area contributed by atoms with Gasteiger partial charge in [0.1, 0.15) is 22.7 Å². The van der Waals surface area contributed by atoms with E-state index in [-0.39, 0.29) is 5.70 Å². The minimum atomic E-state index is -1.49. The number of thioether (sulfide) groups is 2. The van der Waals surface area contributed by atoms with Crippen molar-refractivity contribution in [3.8, 4) is 0 Å². The van der Waals surface area contributed by atoms with E-state index in [1.807, 2.05) is 0 Å². The third-order valence-corrected chi connectivity index (χ3v) is 7.01. The van der Waals surface area contributed by atoms with Gasteiger partial charge in [-0.3, -0.25) is 20.2 Å². The van der Waals surface area contributed by atoms with Crippen molar-refractivity contribution in [2.75, 3.05) is 12.4 Å². The highest BCUT2D eigenvalue weighted by molar-refractivity contribution is 8.04. The number of hydrogen-bond donors (Lipinski definition) is 4. The quantitative estimate of drug-likeness (QED) is 0.119. The van der Waals surface area contributed by atoms with Crippen LogP contribution in [0.1, 0.15) is 20.8 Å². The van der Waals surface area contributed by atoms with Crippen LogP contribution in [0.4, 0.5) is 0 Å². The van der Waals surface area contributed by atoms with Gasteiger partial charge in [0.15, 0.2) is 17.3 Å². The van der Waals surface area contributed by atoms with Crippen molar-refractivity contribution in [1.29, 1.82) is 0 Å². The Morgan fingerprint density at radius 3 is 2.74 bits per heavy atom.